The van der Waals surface area contributed by atoms with Crippen LogP contribution in [0.3, 0.4) is 0 Å². The van der Waals surface area contributed by atoms with Crippen molar-refractivity contribution in [3.8, 4) is 0 Å². The van der Waals surface area contributed by atoms with Crippen LogP contribution in [-0.2, 0) is 0 Å². The molecule has 5 nitrogen and oxygen atoms in total. The maximum atomic E-state index is 4.17. The van der Waals surface area contributed by atoms with E-state index in [1.165, 1.54) is 17.8 Å². The zero-order valence-corrected chi connectivity index (χ0v) is 8.24. The van der Waals surface area contributed by atoms with Gasteiger partial charge in [0.05, 0.1) is 12.0 Å². The molecule has 0 radical (unpaired) electrons. The second-order valence-corrected chi connectivity index (χ2v) is 3.56. The first-order valence-corrected chi connectivity index (χ1v) is 5.00. The SMILES string of the molecule is c1cn(C2=C(n3cncn3)CCC2)cn1. The van der Waals surface area contributed by atoms with Gasteiger partial charge in [-0.1, -0.05) is 0 Å². The summed E-state index contributed by atoms with van der Waals surface area (Å²) < 4.78 is 3.91. The number of hydrogen-bond acceptors (Lipinski definition) is 3. The molecule has 3 rings (SSSR count). The highest BCUT2D eigenvalue weighted by molar-refractivity contribution is 5.74. The molecule has 1 aliphatic rings. The quantitative estimate of drug-likeness (QED) is 0.739. The molecule has 0 saturated heterocycles. The second kappa shape index (κ2) is 3.34. The minimum atomic E-state index is 1.05. The van der Waals surface area contributed by atoms with Gasteiger partial charge >= 0.3 is 0 Å². The highest BCUT2D eigenvalue weighted by atomic mass is 15.3. The molecule has 0 aliphatic heterocycles. The second-order valence-electron chi connectivity index (χ2n) is 3.56. The molecule has 0 saturated carbocycles. The van der Waals surface area contributed by atoms with Gasteiger partial charge in [0.15, 0.2) is 0 Å². The zero-order valence-electron chi connectivity index (χ0n) is 8.24. The zero-order chi connectivity index (χ0) is 10.1. The number of allylic oxidation sites excluding steroid dienone is 2. The maximum Gasteiger partial charge on any atom is 0.138 e. The predicted molar refractivity (Wildman–Crippen MR) is 55.5 cm³/mol. The summed E-state index contributed by atoms with van der Waals surface area (Å²) in [7, 11) is 0. The molecule has 5 heteroatoms. The Hall–Kier alpha value is -1.91. The van der Waals surface area contributed by atoms with Gasteiger partial charge in [0.1, 0.15) is 12.7 Å². The average Bonchev–Trinajstić information content (AvgIpc) is 3.01. The summed E-state index contributed by atoms with van der Waals surface area (Å²) in [6.45, 7) is 0. The Bertz CT molecular complexity index is 422. The normalized spacial score (nSPS) is 16.3. The fourth-order valence-corrected chi connectivity index (χ4v) is 2.00. The summed E-state index contributed by atoms with van der Waals surface area (Å²) in [4.78, 5) is 8.04. The Balaban J connectivity index is 2.09. The molecule has 15 heavy (non-hydrogen) atoms. The van der Waals surface area contributed by atoms with Crippen LogP contribution in [0.25, 0.3) is 11.4 Å². The third-order valence-electron chi connectivity index (χ3n) is 2.67. The van der Waals surface area contributed by atoms with Gasteiger partial charge in [-0.2, -0.15) is 5.10 Å². The molecular weight excluding hydrogens is 190 g/mol. The lowest BCUT2D eigenvalue weighted by atomic mass is 10.3. The van der Waals surface area contributed by atoms with Gasteiger partial charge in [-0.3, -0.25) is 0 Å². The van der Waals surface area contributed by atoms with E-state index in [4.69, 9.17) is 0 Å². The molecule has 2 heterocycles. The van der Waals surface area contributed by atoms with Gasteiger partial charge in [0.2, 0.25) is 0 Å². The molecule has 0 unspecified atom stereocenters. The van der Waals surface area contributed by atoms with Gasteiger partial charge in [0.25, 0.3) is 0 Å². The monoisotopic (exact) mass is 201 g/mol. The molecule has 0 bridgehead atoms. The van der Waals surface area contributed by atoms with Crippen LogP contribution in [0, 0.1) is 0 Å². The summed E-state index contributed by atoms with van der Waals surface area (Å²) in [6.07, 6.45) is 12.2. The molecule has 2 aromatic rings. The first-order chi connectivity index (χ1) is 7.45. The smallest absolute Gasteiger partial charge is 0.138 e. The van der Waals surface area contributed by atoms with Crippen molar-refractivity contribution in [2.24, 2.45) is 0 Å². The lowest BCUT2D eigenvalue weighted by Gasteiger charge is -2.07. The summed E-state index contributed by atoms with van der Waals surface area (Å²) in [6, 6.07) is 0. The van der Waals surface area contributed by atoms with Gasteiger partial charge in [-0.15, -0.1) is 0 Å². The summed E-state index contributed by atoms with van der Waals surface area (Å²) in [5.41, 5.74) is 2.50. The van der Waals surface area contributed by atoms with E-state index in [9.17, 15) is 0 Å². The van der Waals surface area contributed by atoms with E-state index < -0.39 is 0 Å². The summed E-state index contributed by atoms with van der Waals surface area (Å²) in [5.74, 6) is 0. The Kier molecular flexibility index (Phi) is 1.87. The Morgan fingerprint density at radius 2 is 2.00 bits per heavy atom. The third-order valence-corrected chi connectivity index (χ3v) is 2.67. The summed E-state index contributed by atoms with van der Waals surface area (Å²) >= 11 is 0. The molecule has 0 aromatic carbocycles. The van der Waals surface area contributed by atoms with E-state index >= 15 is 0 Å². The number of nitrogens with zero attached hydrogens (tertiary/aromatic N) is 5. The molecular formula is C10H11N5. The number of hydrogen-bond donors (Lipinski definition) is 0. The molecule has 2 aromatic heterocycles. The van der Waals surface area contributed by atoms with Crippen LogP contribution in [0.1, 0.15) is 19.3 Å². The summed E-state index contributed by atoms with van der Waals surface area (Å²) in [5, 5.41) is 4.17. The number of rotatable bonds is 2. The molecule has 0 N–H and O–H groups in total. The van der Waals surface area contributed by atoms with Crippen molar-refractivity contribution < 1.29 is 0 Å². The highest BCUT2D eigenvalue weighted by Crippen LogP contribution is 2.31. The molecule has 0 amide bonds. The van der Waals surface area contributed by atoms with Crippen molar-refractivity contribution in [3.05, 3.63) is 31.4 Å². The van der Waals surface area contributed by atoms with Gasteiger partial charge in [-0.05, 0) is 19.3 Å². The molecule has 0 fully saturated rings. The minimum Gasteiger partial charge on any atom is -0.308 e. The average molecular weight is 201 g/mol. The van der Waals surface area contributed by atoms with Crippen molar-refractivity contribution in [2.45, 2.75) is 19.3 Å². The Morgan fingerprint density at radius 1 is 1.07 bits per heavy atom. The fourth-order valence-electron chi connectivity index (χ4n) is 2.00. The van der Waals surface area contributed by atoms with Crippen molar-refractivity contribution in [1.82, 2.24) is 24.3 Å². The third kappa shape index (κ3) is 1.36. The first-order valence-electron chi connectivity index (χ1n) is 5.00. The van der Waals surface area contributed by atoms with Crippen molar-refractivity contribution in [3.63, 3.8) is 0 Å². The minimum absolute atomic E-state index is 1.05. The topological polar surface area (TPSA) is 48.5 Å². The van der Waals surface area contributed by atoms with Crippen molar-refractivity contribution in [1.29, 1.82) is 0 Å². The standard InChI is InChI=1S/C10H11N5/c1-2-9(14-5-4-11-7-14)10(3-1)15-8-12-6-13-15/h4-8H,1-3H2. The first kappa shape index (κ1) is 8.40. The molecule has 1 aliphatic carbocycles. The Labute approximate surface area is 87.1 Å². The Morgan fingerprint density at radius 3 is 2.73 bits per heavy atom. The van der Waals surface area contributed by atoms with Crippen LogP contribution < -0.4 is 0 Å². The van der Waals surface area contributed by atoms with Crippen LogP contribution in [0.4, 0.5) is 0 Å². The van der Waals surface area contributed by atoms with Crippen LogP contribution in [0.5, 0.6) is 0 Å². The van der Waals surface area contributed by atoms with Crippen molar-refractivity contribution in [2.75, 3.05) is 0 Å². The van der Waals surface area contributed by atoms with Gasteiger partial charge < -0.3 is 4.57 Å². The van der Waals surface area contributed by atoms with E-state index in [1.54, 1.807) is 18.9 Å². The largest absolute Gasteiger partial charge is 0.308 e. The number of imidazole rings is 1. The molecule has 0 spiro atoms. The van der Waals surface area contributed by atoms with Crippen molar-refractivity contribution >= 4 is 11.4 Å². The highest BCUT2D eigenvalue weighted by Gasteiger charge is 2.17. The van der Waals surface area contributed by atoms with Crippen LogP contribution in [-0.4, -0.2) is 24.3 Å². The van der Waals surface area contributed by atoms with Crippen LogP contribution >= 0.6 is 0 Å². The predicted octanol–water partition coefficient (Wildman–Crippen LogP) is 1.48. The fraction of sp³-hybridized carbons (Fsp3) is 0.300. The van der Waals surface area contributed by atoms with Gasteiger partial charge in [-0.25, -0.2) is 14.6 Å². The number of aromatic nitrogens is 5. The van der Waals surface area contributed by atoms with E-state index in [-0.39, 0.29) is 0 Å². The van der Waals surface area contributed by atoms with E-state index in [2.05, 4.69) is 19.6 Å². The molecule has 0 atom stereocenters. The van der Waals surface area contributed by atoms with E-state index in [1.807, 2.05) is 17.2 Å². The van der Waals surface area contributed by atoms with E-state index in [0.29, 0.717) is 0 Å². The maximum absolute atomic E-state index is 4.17. The van der Waals surface area contributed by atoms with Crippen LogP contribution in [0.15, 0.2) is 31.4 Å². The lowest BCUT2D eigenvalue weighted by molar-refractivity contribution is 0.841. The van der Waals surface area contributed by atoms with E-state index in [0.717, 1.165) is 12.8 Å². The molecule has 76 valence electrons. The van der Waals surface area contributed by atoms with Crippen LogP contribution in [0.2, 0.25) is 0 Å². The lowest BCUT2D eigenvalue weighted by Crippen LogP contribution is -2.00. The van der Waals surface area contributed by atoms with Gasteiger partial charge in [0, 0.05) is 18.1 Å².